The van der Waals surface area contributed by atoms with Crippen molar-refractivity contribution in [2.24, 2.45) is 0 Å². The van der Waals surface area contributed by atoms with Gasteiger partial charge >= 0.3 is 11.2 Å². The summed E-state index contributed by atoms with van der Waals surface area (Å²) in [6.07, 6.45) is 3.00. The first kappa shape index (κ1) is 17.0. The van der Waals surface area contributed by atoms with Crippen LogP contribution in [0.3, 0.4) is 0 Å². The van der Waals surface area contributed by atoms with E-state index < -0.39 is 22.0 Å². The summed E-state index contributed by atoms with van der Waals surface area (Å²) in [5.74, 6) is 0.173. The molecule has 2 aromatic rings. The lowest BCUT2D eigenvalue weighted by atomic mass is 10.2. The first-order chi connectivity index (χ1) is 11.5. The van der Waals surface area contributed by atoms with Gasteiger partial charge in [0.05, 0.1) is 18.6 Å². The Kier molecular flexibility index (Phi) is 5.15. The fraction of sp³-hybridized carbons (Fsp3) is 0.200. The number of aromatic amines is 1. The largest absolute Gasteiger partial charge is 0.493 e. The van der Waals surface area contributed by atoms with Crippen LogP contribution in [0.25, 0.3) is 12.2 Å². The minimum Gasteiger partial charge on any atom is -0.493 e. The molecule has 0 bridgehead atoms. The van der Waals surface area contributed by atoms with Crippen LogP contribution in [-0.2, 0) is 0 Å². The van der Waals surface area contributed by atoms with E-state index in [1.807, 2.05) is 6.92 Å². The summed E-state index contributed by atoms with van der Waals surface area (Å²) >= 11 is 0. The summed E-state index contributed by atoms with van der Waals surface area (Å²) < 4.78 is 10.6. The van der Waals surface area contributed by atoms with Crippen molar-refractivity contribution >= 4 is 17.8 Å². The second-order valence-corrected chi connectivity index (χ2v) is 4.56. The number of H-pyrrole nitrogens is 1. The van der Waals surface area contributed by atoms with E-state index >= 15 is 0 Å². The number of aromatic nitrogens is 2. The molecule has 1 aromatic heterocycles. The van der Waals surface area contributed by atoms with Crippen LogP contribution in [0.4, 0.5) is 5.69 Å². The molecule has 2 N–H and O–H groups in total. The zero-order valence-corrected chi connectivity index (χ0v) is 13.0. The van der Waals surface area contributed by atoms with Gasteiger partial charge in [0, 0.05) is 0 Å². The fourth-order valence-electron chi connectivity index (χ4n) is 1.95. The molecule has 0 saturated heterocycles. The Balaban J connectivity index is 2.31. The predicted octanol–water partition coefficient (Wildman–Crippen LogP) is 1.96. The number of ether oxygens (including phenoxy) is 2. The van der Waals surface area contributed by atoms with Gasteiger partial charge in [0.2, 0.25) is 0 Å². The van der Waals surface area contributed by atoms with E-state index in [4.69, 9.17) is 9.47 Å². The minimum atomic E-state index is -1.03. The zero-order chi connectivity index (χ0) is 17.7. The van der Waals surface area contributed by atoms with Gasteiger partial charge < -0.3 is 19.6 Å². The molecule has 0 spiro atoms. The maximum Gasteiger partial charge on any atom is 0.395 e. The van der Waals surface area contributed by atoms with Gasteiger partial charge in [0.25, 0.3) is 5.88 Å². The van der Waals surface area contributed by atoms with Crippen molar-refractivity contribution in [1.29, 1.82) is 0 Å². The lowest BCUT2D eigenvalue weighted by Gasteiger charge is -2.09. The molecule has 0 saturated carbocycles. The Morgan fingerprint density at radius 3 is 2.71 bits per heavy atom. The van der Waals surface area contributed by atoms with Gasteiger partial charge in [-0.15, -0.1) is 0 Å². The van der Waals surface area contributed by atoms with Gasteiger partial charge in [0.1, 0.15) is 5.82 Å². The van der Waals surface area contributed by atoms with E-state index in [2.05, 4.69) is 9.97 Å². The van der Waals surface area contributed by atoms with E-state index in [-0.39, 0.29) is 5.82 Å². The Morgan fingerprint density at radius 1 is 1.38 bits per heavy atom. The van der Waals surface area contributed by atoms with Crippen LogP contribution in [0.1, 0.15) is 18.3 Å². The number of rotatable bonds is 6. The molecule has 1 heterocycles. The molecule has 0 aliphatic carbocycles. The fourth-order valence-corrected chi connectivity index (χ4v) is 1.95. The third-order valence-electron chi connectivity index (χ3n) is 3.00. The van der Waals surface area contributed by atoms with Crippen molar-refractivity contribution in [2.75, 3.05) is 13.7 Å². The summed E-state index contributed by atoms with van der Waals surface area (Å²) in [6.45, 7) is 2.36. The minimum absolute atomic E-state index is 0.0176. The highest BCUT2D eigenvalue weighted by molar-refractivity contribution is 5.68. The predicted molar refractivity (Wildman–Crippen MR) is 86.3 cm³/mol. The van der Waals surface area contributed by atoms with E-state index in [0.29, 0.717) is 18.1 Å². The average Bonchev–Trinajstić information content (AvgIpc) is 2.53. The number of aromatic hydroxyl groups is 1. The molecular weight excluding hydrogens is 318 g/mol. The molecule has 0 amide bonds. The topological polar surface area (TPSA) is 128 Å². The van der Waals surface area contributed by atoms with E-state index in [1.54, 1.807) is 24.3 Å². The molecule has 0 unspecified atom stereocenters. The van der Waals surface area contributed by atoms with Gasteiger partial charge in [-0.05, 0) is 30.7 Å². The molecule has 0 aliphatic rings. The summed E-state index contributed by atoms with van der Waals surface area (Å²) in [5, 5.41) is 20.1. The molecule has 1 aromatic carbocycles. The van der Waals surface area contributed by atoms with Crippen LogP contribution in [0, 0.1) is 10.1 Å². The smallest absolute Gasteiger partial charge is 0.395 e. The van der Waals surface area contributed by atoms with E-state index in [0.717, 1.165) is 5.56 Å². The van der Waals surface area contributed by atoms with Gasteiger partial charge in [-0.2, -0.15) is 4.98 Å². The molecule has 9 nitrogen and oxygen atoms in total. The molecule has 0 atom stereocenters. The highest BCUT2D eigenvalue weighted by Crippen LogP contribution is 2.28. The first-order valence-corrected chi connectivity index (χ1v) is 6.92. The molecular formula is C15H15N3O6. The van der Waals surface area contributed by atoms with E-state index in [9.17, 15) is 20.0 Å². The number of hydrogen-bond donors (Lipinski definition) is 2. The Morgan fingerprint density at radius 2 is 2.12 bits per heavy atom. The lowest BCUT2D eigenvalue weighted by molar-refractivity contribution is -0.387. The van der Waals surface area contributed by atoms with Crippen molar-refractivity contribution in [3.05, 3.63) is 50.1 Å². The van der Waals surface area contributed by atoms with E-state index in [1.165, 1.54) is 13.2 Å². The summed E-state index contributed by atoms with van der Waals surface area (Å²) in [4.78, 5) is 27.0. The monoisotopic (exact) mass is 333 g/mol. The highest BCUT2D eigenvalue weighted by atomic mass is 16.6. The third-order valence-corrected chi connectivity index (χ3v) is 3.00. The van der Waals surface area contributed by atoms with Crippen molar-refractivity contribution in [3.63, 3.8) is 0 Å². The highest BCUT2D eigenvalue weighted by Gasteiger charge is 2.21. The number of benzene rings is 1. The number of nitro groups is 1. The Hall–Kier alpha value is -3.36. The molecule has 24 heavy (non-hydrogen) atoms. The lowest BCUT2D eigenvalue weighted by Crippen LogP contribution is -2.14. The van der Waals surface area contributed by atoms with Crippen molar-refractivity contribution < 1.29 is 19.5 Å². The quantitative estimate of drug-likeness (QED) is 0.611. The number of nitrogens with zero attached hydrogens (tertiary/aromatic N) is 2. The maximum atomic E-state index is 11.6. The Bertz CT molecular complexity index is 844. The van der Waals surface area contributed by atoms with Crippen LogP contribution in [0.2, 0.25) is 0 Å². The summed E-state index contributed by atoms with van der Waals surface area (Å²) in [6, 6.07) is 5.20. The first-order valence-electron chi connectivity index (χ1n) is 6.92. The average molecular weight is 333 g/mol. The Labute approximate surface area is 136 Å². The summed E-state index contributed by atoms with van der Waals surface area (Å²) in [7, 11) is 1.51. The van der Waals surface area contributed by atoms with Crippen molar-refractivity contribution in [1.82, 2.24) is 9.97 Å². The van der Waals surface area contributed by atoms with Crippen LogP contribution < -0.4 is 15.0 Å². The standard InChI is InChI=1S/C15H15N3O6/c1-3-24-10-6-4-9(8-11(10)23-2)5-7-12-16-14(19)13(18(21)22)15(20)17-12/h4-8H,3H2,1-2H3,(H2,16,17,19,20). The number of nitrogens with one attached hydrogen (secondary N) is 1. The molecule has 0 radical (unpaired) electrons. The van der Waals surface area contributed by atoms with Crippen molar-refractivity contribution in [3.8, 4) is 17.4 Å². The molecule has 2 rings (SSSR count). The van der Waals surface area contributed by atoms with Crippen LogP contribution in [0.5, 0.6) is 17.4 Å². The molecule has 0 aliphatic heterocycles. The molecule has 9 heteroatoms. The second-order valence-electron chi connectivity index (χ2n) is 4.56. The van der Waals surface area contributed by atoms with Gasteiger partial charge in [-0.1, -0.05) is 12.1 Å². The summed E-state index contributed by atoms with van der Waals surface area (Å²) in [5.41, 5.74) is -1.30. The molecule has 0 fully saturated rings. The SMILES string of the molecule is CCOc1ccc(C=Cc2nc(O)c([N+](=O)[O-])c(=O)[nH]2)cc1OC. The van der Waals surface area contributed by atoms with Crippen LogP contribution in [-0.4, -0.2) is 33.7 Å². The second kappa shape index (κ2) is 7.27. The van der Waals surface area contributed by atoms with Crippen LogP contribution in [0.15, 0.2) is 23.0 Å². The van der Waals surface area contributed by atoms with Gasteiger partial charge in [0.15, 0.2) is 11.5 Å². The zero-order valence-electron chi connectivity index (χ0n) is 13.0. The number of methoxy groups -OCH3 is 1. The number of hydrogen-bond acceptors (Lipinski definition) is 7. The van der Waals surface area contributed by atoms with Gasteiger partial charge in [-0.3, -0.25) is 14.9 Å². The van der Waals surface area contributed by atoms with Gasteiger partial charge in [-0.25, -0.2) is 0 Å². The third kappa shape index (κ3) is 3.69. The normalized spacial score (nSPS) is 10.8. The molecule has 126 valence electrons. The van der Waals surface area contributed by atoms with Crippen molar-refractivity contribution in [2.45, 2.75) is 6.92 Å². The maximum absolute atomic E-state index is 11.6. The van der Waals surface area contributed by atoms with Crippen LogP contribution >= 0.6 is 0 Å².